The number of fused-ring (bicyclic) bond motifs is 1. The first-order chi connectivity index (χ1) is 15.9. The van der Waals surface area contributed by atoms with Gasteiger partial charge < -0.3 is 9.80 Å². The third kappa shape index (κ3) is 4.02. The molecule has 4 aromatic rings. The van der Waals surface area contributed by atoms with Gasteiger partial charge in [-0.05, 0) is 62.4 Å². The fourth-order valence-corrected chi connectivity index (χ4v) is 4.28. The zero-order valence-corrected chi connectivity index (χ0v) is 19.1. The largest absolute Gasteiger partial charge is 0.352 e. The second kappa shape index (κ2) is 8.44. The summed E-state index contributed by atoms with van der Waals surface area (Å²) >= 11 is 6.05. The molecule has 0 saturated carbocycles. The fraction of sp³-hybridized carbons (Fsp3) is 0.250. The van der Waals surface area contributed by atoms with E-state index in [2.05, 4.69) is 9.88 Å². The fourth-order valence-electron chi connectivity index (χ4n) is 4.16. The van der Waals surface area contributed by atoms with E-state index >= 15 is 0 Å². The average Bonchev–Trinajstić information content (AvgIpc) is 3.15. The molecule has 7 nitrogen and oxygen atoms in total. The molecule has 0 atom stereocenters. The highest BCUT2D eigenvalue weighted by Crippen LogP contribution is 2.30. The van der Waals surface area contributed by atoms with E-state index in [9.17, 15) is 9.18 Å². The number of benzene rings is 2. The number of amides is 1. The Morgan fingerprint density at radius 2 is 1.61 bits per heavy atom. The minimum Gasteiger partial charge on any atom is -0.352 e. The Kier molecular flexibility index (Phi) is 5.46. The lowest BCUT2D eigenvalue weighted by Gasteiger charge is -2.35. The highest BCUT2D eigenvalue weighted by molar-refractivity contribution is 6.30. The van der Waals surface area contributed by atoms with Gasteiger partial charge in [0.05, 0.1) is 16.8 Å². The molecule has 0 unspecified atom stereocenters. The quantitative estimate of drug-likeness (QED) is 0.455. The van der Waals surface area contributed by atoms with Crippen molar-refractivity contribution in [2.24, 2.45) is 0 Å². The van der Waals surface area contributed by atoms with Crippen LogP contribution in [0.4, 0.5) is 10.2 Å². The predicted octanol–water partition coefficient (Wildman–Crippen LogP) is 4.19. The molecule has 0 N–H and O–H groups in total. The molecular weight excluding hydrogens is 443 g/mol. The number of anilines is 1. The number of carbonyl (C=O) groups is 1. The summed E-state index contributed by atoms with van der Waals surface area (Å²) in [6.45, 7) is 6.17. The molecule has 1 aliphatic rings. The summed E-state index contributed by atoms with van der Waals surface area (Å²) in [4.78, 5) is 26.2. The Morgan fingerprint density at radius 3 is 2.27 bits per heavy atom. The van der Waals surface area contributed by atoms with Crippen LogP contribution in [-0.2, 0) is 0 Å². The van der Waals surface area contributed by atoms with Crippen LogP contribution in [0.15, 0.2) is 48.5 Å². The van der Waals surface area contributed by atoms with E-state index in [1.54, 1.807) is 4.90 Å². The number of halogens is 2. The number of aryl methyl sites for hydroxylation is 2. The van der Waals surface area contributed by atoms with E-state index in [1.165, 1.54) is 24.3 Å². The summed E-state index contributed by atoms with van der Waals surface area (Å²) in [5.41, 5.74) is 2.93. The maximum atomic E-state index is 13.2. The van der Waals surface area contributed by atoms with Crippen LogP contribution in [-0.4, -0.2) is 56.7 Å². The Labute approximate surface area is 195 Å². The Hall–Kier alpha value is -3.52. The summed E-state index contributed by atoms with van der Waals surface area (Å²) in [5.74, 6) is 1.03. The van der Waals surface area contributed by atoms with Gasteiger partial charge in [-0.3, -0.25) is 4.79 Å². The predicted molar refractivity (Wildman–Crippen MR) is 126 cm³/mol. The third-order valence-electron chi connectivity index (χ3n) is 5.82. The minimum absolute atomic E-state index is 0.0922. The maximum Gasteiger partial charge on any atom is 0.253 e. The molecule has 0 bridgehead atoms. The molecule has 1 amide bonds. The van der Waals surface area contributed by atoms with E-state index in [-0.39, 0.29) is 11.7 Å². The lowest BCUT2D eigenvalue weighted by molar-refractivity contribution is 0.0746. The first-order valence-corrected chi connectivity index (χ1v) is 11.1. The van der Waals surface area contributed by atoms with E-state index in [4.69, 9.17) is 21.7 Å². The molecular formula is C24H22ClFN6O. The smallest absolute Gasteiger partial charge is 0.253 e. The van der Waals surface area contributed by atoms with Gasteiger partial charge >= 0.3 is 0 Å². The number of aromatic nitrogens is 4. The van der Waals surface area contributed by atoms with E-state index in [1.807, 2.05) is 42.8 Å². The Balaban J connectivity index is 1.43. The monoisotopic (exact) mass is 464 g/mol. The van der Waals surface area contributed by atoms with Crippen LogP contribution < -0.4 is 4.90 Å². The van der Waals surface area contributed by atoms with Crippen LogP contribution in [0, 0.1) is 19.7 Å². The molecule has 1 fully saturated rings. The van der Waals surface area contributed by atoms with Gasteiger partial charge in [0, 0.05) is 36.8 Å². The zero-order chi connectivity index (χ0) is 23.1. The first kappa shape index (κ1) is 21.3. The highest BCUT2D eigenvalue weighted by atomic mass is 35.5. The number of hydrogen-bond donors (Lipinski definition) is 0. The van der Waals surface area contributed by atoms with Crippen molar-refractivity contribution in [3.8, 4) is 5.69 Å². The standard InChI is InChI=1S/C24H22ClFN6O/c1-15-21-22(27-16(2)28-23(21)32(29-15)20-9-5-18(25)6-10-20)30-11-13-31(14-12-30)24(33)17-3-7-19(26)8-4-17/h3-10H,11-14H2,1-2H3. The van der Waals surface area contributed by atoms with Crippen molar-refractivity contribution in [2.75, 3.05) is 31.1 Å². The molecule has 1 saturated heterocycles. The maximum absolute atomic E-state index is 13.2. The van der Waals surface area contributed by atoms with E-state index < -0.39 is 0 Å². The summed E-state index contributed by atoms with van der Waals surface area (Å²) in [6.07, 6.45) is 0. The highest BCUT2D eigenvalue weighted by Gasteiger charge is 2.26. The summed E-state index contributed by atoms with van der Waals surface area (Å²) < 4.78 is 15.0. The van der Waals surface area contributed by atoms with Crippen LogP contribution in [0.1, 0.15) is 21.9 Å². The normalized spacial score (nSPS) is 14.2. The number of hydrogen-bond acceptors (Lipinski definition) is 5. The second-order valence-electron chi connectivity index (χ2n) is 8.05. The van der Waals surface area contributed by atoms with Crippen LogP contribution in [0.3, 0.4) is 0 Å². The molecule has 3 heterocycles. The number of rotatable bonds is 3. The van der Waals surface area contributed by atoms with Gasteiger partial charge in [0.1, 0.15) is 17.5 Å². The molecule has 2 aromatic carbocycles. The SMILES string of the molecule is Cc1nc(N2CCN(C(=O)c3ccc(F)cc3)CC2)c2c(C)nn(-c3ccc(Cl)cc3)c2n1. The van der Waals surface area contributed by atoms with Gasteiger partial charge in [0.25, 0.3) is 5.91 Å². The van der Waals surface area contributed by atoms with Gasteiger partial charge in [-0.25, -0.2) is 19.0 Å². The third-order valence-corrected chi connectivity index (χ3v) is 6.08. The molecule has 168 valence electrons. The Morgan fingerprint density at radius 1 is 0.939 bits per heavy atom. The molecule has 5 rings (SSSR count). The number of nitrogens with zero attached hydrogens (tertiary/aromatic N) is 6. The minimum atomic E-state index is -0.353. The second-order valence-corrected chi connectivity index (χ2v) is 8.49. The van der Waals surface area contributed by atoms with E-state index in [0.717, 1.165) is 28.2 Å². The number of piperazine rings is 1. The topological polar surface area (TPSA) is 67.2 Å². The van der Waals surface area contributed by atoms with Crippen molar-refractivity contribution >= 4 is 34.4 Å². The average molecular weight is 465 g/mol. The lowest BCUT2D eigenvalue weighted by atomic mass is 10.1. The van der Waals surface area contributed by atoms with Gasteiger partial charge in [-0.1, -0.05) is 11.6 Å². The van der Waals surface area contributed by atoms with Crippen molar-refractivity contribution in [1.29, 1.82) is 0 Å². The molecule has 0 aliphatic carbocycles. The summed E-state index contributed by atoms with van der Waals surface area (Å²) in [6, 6.07) is 13.1. The van der Waals surface area contributed by atoms with Gasteiger partial charge in [-0.2, -0.15) is 5.10 Å². The van der Waals surface area contributed by atoms with Crippen molar-refractivity contribution in [2.45, 2.75) is 13.8 Å². The van der Waals surface area contributed by atoms with Crippen molar-refractivity contribution < 1.29 is 9.18 Å². The van der Waals surface area contributed by atoms with Crippen LogP contribution in [0.5, 0.6) is 0 Å². The zero-order valence-electron chi connectivity index (χ0n) is 18.3. The van der Waals surface area contributed by atoms with Gasteiger partial charge in [0.2, 0.25) is 0 Å². The molecule has 9 heteroatoms. The molecule has 0 radical (unpaired) electrons. The first-order valence-electron chi connectivity index (χ1n) is 10.7. The van der Waals surface area contributed by atoms with Crippen molar-refractivity contribution in [3.05, 3.63) is 76.5 Å². The Bertz CT molecular complexity index is 1330. The van der Waals surface area contributed by atoms with E-state index in [0.29, 0.717) is 42.6 Å². The number of carbonyl (C=O) groups excluding carboxylic acids is 1. The van der Waals surface area contributed by atoms with Crippen LogP contribution >= 0.6 is 11.6 Å². The lowest BCUT2D eigenvalue weighted by Crippen LogP contribution is -2.49. The molecule has 0 spiro atoms. The van der Waals surface area contributed by atoms with Crippen molar-refractivity contribution in [1.82, 2.24) is 24.6 Å². The van der Waals surface area contributed by atoms with Crippen molar-refractivity contribution in [3.63, 3.8) is 0 Å². The van der Waals surface area contributed by atoms with Gasteiger partial charge in [-0.15, -0.1) is 0 Å². The van der Waals surface area contributed by atoms with Gasteiger partial charge in [0.15, 0.2) is 5.65 Å². The van der Waals surface area contributed by atoms with Crippen LogP contribution in [0.2, 0.25) is 5.02 Å². The molecule has 33 heavy (non-hydrogen) atoms. The molecule has 2 aromatic heterocycles. The van der Waals surface area contributed by atoms with Crippen LogP contribution in [0.25, 0.3) is 16.7 Å². The molecule has 1 aliphatic heterocycles. The summed E-state index contributed by atoms with van der Waals surface area (Å²) in [5, 5.41) is 6.28. The summed E-state index contributed by atoms with van der Waals surface area (Å²) in [7, 11) is 0.